The van der Waals surface area contributed by atoms with Crippen molar-refractivity contribution in [1.29, 1.82) is 0 Å². The molecule has 0 spiro atoms. The molecule has 0 amide bonds. The molecular formula is C60H40N2. The lowest BCUT2D eigenvalue weighted by Crippen LogP contribution is -1.92. The first-order valence-electron chi connectivity index (χ1n) is 21.4. The highest BCUT2D eigenvalue weighted by atomic mass is 15.0. The maximum atomic E-state index is 5.27. The SMILES string of the molecule is C/C=C(\C=C/c1cc(-c2ccc3ccccc3c2)c2ccccc2c1-c1ccc2ccccc2c1)c1cccc(-c2ccc3c(c2)nc2c4ccccc4c4ccccc4n32)c1. The minimum atomic E-state index is 0.986. The zero-order valence-corrected chi connectivity index (χ0v) is 34.3. The zero-order valence-electron chi connectivity index (χ0n) is 34.3. The van der Waals surface area contributed by atoms with Crippen LogP contribution in [0.2, 0.25) is 0 Å². The molecule has 0 saturated carbocycles. The van der Waals surface area contributed by atoms with Gasteiger partial charge < -0.3 is 0 Å². The lowest BCUT2D eigenvalue weighted by molar-refractivity contribution is 1.31. The lowest BCUT2D eigenvalue weighted by Gasteiger charge is -2.17. The summed E-state index contributed by atoms with van der Waals surface area (Å²) in [6.45, 7) is 2.13. The third-order valence-corrected chi connectivity index (χ3v) is 12.7. The first-order chi connectivity index (χ1) is 30.7. The van der Waals surface area contributed by atoms with E-state index in [2.05, 4.69) is 236 Å². The normalized spacial score (nSPS) is 12.3. The molecule has 2 heteroatoms. The average molecular weight is 789 g/mol. The number of imidazole rings is 1. The third kappa shape index (κ3) is 5.91. The molecule has 2 heterocycles. The average Bonchev–Trinajstić information content (AvgIpc) is 3.73. The number of pyridine rings is 1. The van der Waals surface area contributed by atoms with Crippen LogP contribution in [0.15, 0.2) is 218 Å². The summed E-state index contributed by atoms with van der Waals surface area (Å²) in [6.07, 6.45) is 6.83. The van der Waals surface area contributed by atoms with Gasteiger partial charge in [0.25, 0.3) is 0 Å². The lowest BCUT2D eigenvalue weighted by atomic mass is 9.86. The van der Waals surface area contributed by atoms with Crippen molar-refractivity contribution in [3.8, 4) is 33.4 Å². The van der Waals surface area contributed by atoms with Crippen LogP contribution in [-0.4, -0.2) is 9.38 Å². The van der Waals surface area contributed by atoms with Crippen molar-refractivity contribution < 1.29 is 0 Å². The van der Waals surface area contributed by atoms with Gasteiger partial charge in [0.2, 0.25) is 0 Å². The maximum Gasteiger partial charge on any atom is 0.146 e. The van der Waals surface area contributed by atoms with E-state index in [9.17, 15) is 0 Å². The fraction of sp³-hybridized carbons (Fsp3) is 0.0167. The quantitative estimate of drug-likeness (QED) is 0.121. The maximum absolute atomic E-state index is 5.27. The Morgan fingerprint density at radius 2 is 1.05 bits per heavy atom. The Labute approximate surface area is 360 Å². The molecule has 0 saturated heterocycles. The fourth-order valence-electron chi connectivity index (χ4n) is 9.70. The molecule has 0 radical (unpaired) electrons. The largest absolute Gasteiger partial charge is 0.292 e. The second-order valence-corrected chi connectivity index (χ2v) is 16.3. The van der Waals surface area contributed by atoms with Gasteiger partial charge in [0.05, 0.1) is 16.6 Å². The van der Waals surface area contributed by atoms with Crippen LogP contribution in [0.3, 0.4) is 0 Å². The fourth-order valence-corrected chi connectivity index (χ4v) is 9.70. The smallest absolute Gasteiger partial charge is 0.146 e. The molecule has 12 aromatic rings. The number of fused-ring (bicyclic) bond motifs is 11. The van der Waals surface area contributed by atoms with E-state index in [1.165, 1.54) is 76.4 Å². The van der Waals surface area contributed by atoms with Gasteiger partial charge in [-0.05, 0) is 137 Å². The minimum absolute atomic E-state index is 0.986. The van der Waals surface area contributed by atoms with Crippen molar-refractivity contribution in [3.63, 3.8) is 0 Å². The van der Waals surface area contributed by atoms with Crippen molar-refractivity contribution in [2.45, 2.75) is 6.92 Å². The molecule has 2 aromatic heterocycles. The van der Waals surface area contributed by atoms with Crippen molar-refractivity contribution in [2.24, 2.45) is 0 Å². The van der Waals surface area contributed by atoms with E-state index in [0.29, 0.717) is 0 Å². The van der Waals surface area contributed by atoms with E-state index in [-0.39, 0.29) is 0 Å². The van der Waals surface area contributed by atoms with Gasteiger partial charge in [0, 0.05) is 10.8 Å². The summed E-state index contributed by atoms with van der Waals surface area (Å²) < 4.78 is 2.32. The Bertz CT molecular complexity index is 3820. The van der Waals surface area contributed by atoms with Crippen LogP contribution < -0.4 is 0 Å². The third-order valence-electron chi connectivity index (χ3n) is 12.7. The molecule has 0 aliphatic carbocycles. The number of nitrogens with zero attached hydrogens (tertiary/aromatic N) is 2. The van der Waals surface area contributed by atoms with Crippen LogP contribution in [0.4, 0.5) is 0 Å². The molecule has 0 aliphatic rings. The zero-order chi connectivity index (χ0) is 41.1. The highest BCUT2D eigenvalue weighted by Crippen LogP contribution is 2.42. The van der Waals surface area contributed by atoms with E-state index in [0.717, 1.165) is 44.3 Å². The van der Waals surface area contributed by atoms with Crippen molar-refractivity contribution in [2.75, 3.05) is 0 Å². The van der Waals surface area contributed by atoms with E-state index >= 15 is 0 Å². The highest BCUT2D eigenvalue weighted by Gasteiger charge is 2.17. The van der Waals surface area contributed by atoms with Gasteiger partial charge in [-0.15, -0.1) is 0 Å². The number of hydrogen-bond acceptors (Lipinski definition) is 1. The van der Waals surface area contributed by atoms with Gasteiger partial charge in [0.15, 0.2) is 0 Å². The Kier molecular flexibility index (Phi) is 8.43. The second kappa shape index (κ2) is 14.6. The number of rotatable bonds is 6. The van der Waals surface area contributed by atoms with Gasteiger partial charge in [0.1, 0.15) is 5.65 Å². The topological polar surface area (TPSA) is 17.3 Å². The molecule has 290 valence electrons. The minimum Gasteiger partial charge on any atom is -0.292 e. The molecule has 0 fully saturated rings. The van der Waals surface area contributed by atoms with Crippen LogP contribution in [-0.2, 0) is 0 Å². The van der Waals surface area contributed by atoms with Crippen molar-refractivity contribution in [1.82, 2.24) is 9.38 Å². The highest BCUT2D eigenvalue weighted by molar-refractivity contribution is 6.14. The number of benzene rings is 10. The van der Waals surface area contributed by atoms with Gasteiger partial charge >= 0.3 is 0 Å². The molecule has 10 aromatic carbocycles. The first kappa shape index (κ1) is 35.8. The van der Waals surface area contributed by atoms with E-state index in [1.807, 2.05) is 0 Å². The summed E-state index contributed by atoms with van der Waals surface area (Å²) in [6, 6.07) is 75.1. The number of allylic oxidation sites excluding steroid dienone is 3. The molecule has 0 atom stereocenters. The Hall–Kier alpha value is -8.07. The Balaban J connectivity index is 0.979. The molecule has 12 rings (SSSR count). The molecular weight excluding hydrogens is 749 g/mol. The summed E-state index contributed by atoms with van der Waals surface area (Å²) in [7, 11) is 0. The van der Waals surface area contributed by atoms with Crippen molar-refractivity contribution >= 4 is 82.3 Å². The van der Waals surface area contributed by atoms with E-state index < -0.39 is 0 Å². The summed E-state index contributed by atoms with van der Waals surface area (Å²) in [5, 5.41) is 11.1. The monoisotopic (exact) mass is 788 g/mol. The molecule has 62 heavy (non-hydrogen) atoms. The molecule has 0 N–H and O–H groups in total. The van der Waals surface area contributed by atoms with Gasteiger partial charge in [-0.2, -0.15) is 0 Å². The molecule has 0 bridgehead atoms. The van der Waals surface area contributed by atoms with Crippen molar-refractivity contribution in [3.05, 3.63) is 230 Å². The standard InChI is InChI=1S/C60H40N2/c1-2-39(42-18-13-19-45(34-42)46-32-33-58-56(38-46)61-60-54-24-10-8-20-50(54)52-22-11-12-25-57(52)62(58)60)26-30-49-37-55(47-29-27-40-14-3-5-16-43(40)35-47)51-21-7-9-23-53(51)59(49)48-31-28-41-15-4-6-17-44(41)36-48/h2-38H,1H3/b30-26-,39-2+. The Morgan fingerprint density at radius 1 is 0.435 bits per heavy atom. The molecule has 2 nitrogen and oxygen atoms in total. The summed E-state index contributed by atoms with van der Waals surface area (Å²) in [5.41, 5.74) is 14.9. The van der Waals surface area contributed by atoms with Gasteiger partial charge in [-0.3, -0.25) is 4.40 Å². The summed E-state index contributed by atoms with van der Waals surface area (Å²) in [5.74, 6) is 0. The molecule has 0 unspecified atom stereocenters. The summed E-state index contributed by atoms with van der Waals surface area (Å²) >= 11 is 0. The number of para-hydroxylation sites is 1. The Morgan fingerprint density at radius 3 is 1.82 bits per heavy atom. The summed E-state index contributed by atoms with van der Waals surface area (Å²) in [4.78, 5) is 5.27. The van der Waals surface area contributed by atoms with Crippen LogP contribution in [0, 0.1) is 0 Å². The van der Waals surface area contributed by atoms with Gasteiger partial charge in [-0.1, -0.05) is 182 Å². The predicted molar refractivity (Wildman–Crippen MR) is 266 cm³/mol. The first-order valence-corrected chi connectivity index (χ1v) is 21.4. The predicted octanol–water partition coefficient (Wildman–Crippen LogP) is 16.4. The number of aromatic nitrogens is 2. The van der Waals surface area contributed by atoms with Crippen LogP contribution in [0.1, 0.15) is 18.1 Å². The van der Waals surface area contributed by atoms with Crippen LogP contribution in [0.25, 0.3) is 116 Å². The van der Waals surface area contributed by atoms with E-state index in [1.54, 1.807) is 0 Å². The van der Waals surface area contributed by atoms with Gasteiger partial charge in [-0.25, -0.2) is 4.98 Å². The second-order valence-electron chi connectivity index (χ2n) is 16.3. The van der Waals surface area contributed by atoms with Crippen LogP contribution >= 0.6 is 0 Å². The molecule has 0 aliphatic heterocycles. The number of hydrogen-bond donors (Lipinski definition) is 0. The van der Waals surface area contributed by atoms with Crippen LogP contribution in [0.5, 0.6) is 0 Å². The van der Waals surface area contributed by atoms with E-state index in [4.69, 9.17) is 4.98 Å².